The molecule has 0 fully saturated rings. The lowest BCUT2D eigenvalue weighted by Gasteiger charge is -2.11. The molecule has 0 aliphatic rings. The molecular formula is C20H20N2O2. The number of ether oxygens (including phenoxy) is 1. The van der Waals surface area contributed by atoms with Gasteiger partial charge in [-0.15, -0.1) is 0 Å². The number of anilines is 2. The van der Waals surface area contributed by atoms with Crippen molar-refractivity contribution in [3.63, 3.8) is 0 Å². The van der Waals surface area contributed by atoms with E-state index in [1.54, 1.807) is 18.3 Å². The minimum absolute atomic E-state index is 0.123. The van der Waals surface area contributed by atoms with Crippen molar-refractivity contribution >= 4 is 28.2 Å². The van der Waals surface area contributed by atoms with Crippen molar-refractivity contribution in [1.82, 2.24) is 4.98 Å². The molecule has 0 unspecified atom stereocenters. The molecule has 0 saturated carbocycles. The van der Waals surface area contributed by atoms with Crippen molar-refractivity contribution in [2.24, 2.45) is 0 Å². The van der Waals surface area contributed by atoms with Gasteiger partial charge >= 0.3 is 5.97 Å². The monoisotopic (exact) mass is 320 g/mol. The average molecular weight is 320 g/mol. The van der Waals surface area contributed by atoms with Gasteiger partial charge in [-0.25, -0.2) is 4.79 Å². The number of pyridine rings is 1. The number of aryl methyl sites for hydroxylation is 1. The van der Waals surface area contributed by atoms with Crippen LogP contribution in [-0.4, -0.2) is 17.1 Å². The molecule has 0 aliphatic heterocycles. The third-order valence-corrected chi connectivity index (χ3v) is 3.72. The first-order chi connectivity index (χ1) is 11.5. The van der Waals surface area contributed by atoms with Crippen molar-refractivity contribution in [1.29, 1.82) is 0 Å². The lowest BCUT2D eigenvalue weighted by atomic mass is 10.1. The Morgan fingerprint density at radius 1 is 1.08 bits per heavy atom. The Kier molecular flexibility index (Phi) is 4.47. The molecule has 0 atom stereocenters. The van der Waals surface area contributed by atoms with Crippen molar-refractivity contribution in [3.05, 3.63) is 65.9 Å². The second kappa shape index (κ2) is 6.71. The number of nitrogens with zero attached hydrogens (tertiary/aromatic N) is 1. The normalized spacial score (nSPS) is 10.8. The number of para-hydroxylation sites is 1. The van der Waals surface area contributed by atoms with E-state index < -0.39 is 0 Å². The van der Waals surface area contributed by atoms with E-state index in [-0.39, 0.29) is 12.1 Å². The summed E-state index contributed by atoms with van der Waals surface area (Å²) in [5.74, 6) is -0.304. The first-order valence-corrected chi connectivity index (χ1v) is 7.97. The highest BCUT2D eigenvalue weighted by Crippen LogP contribution is 2.26. The standard InChI is InChI=1S/C20H20N2O2/c1-13(2)24-20(23)15-7-9-16(10-8-15)22-18-11-12-21-19-14(3)5-4-6-17(18)19/h4-13H,1-3H3,(H,21,22). The van der Waals surface area contributed by atoms with Gasteiger partial charge in [-0.3, -0.25) is 4.98 Å². The van der Waals surface area contributed by atoms with E-state index in [4.69, 9.17) is 4.74 Å². The molecule has 3 aromatic rings. The molecule has 0 bridgehead atoms. The first kappa shape index (κ1) is 16.0. The minimum atomic E-state index is -0.304. The van der Waals surface area contributed by atoms with Crippen LogP contribution in [0, 0.1) is 6.92 Å². The molecule has 0 radical (unpaired) electrons. The number of rotatable bonds is 4. The van der Waals surface area contributed by atoms with E-state index in [2.05, 4.69) is 10.3 Å². The largest absolute Gasteiger partial charge is 0.459 e. The Morgan fingerprint density at radius 3 is 2.54 bits per heavy atom. The molecular weight excluding hydrogens is 300 g/mol. The quantitative estimate of drug-likeness (QED) is 0.698. The van der Waals surface area contributed by atoms with E-state index in [1.807, 2.05) is 57.2 Å². The molecule has 1 heterocycles. The number of benzene rings is 2. The molecule has 1 N–H and O–H groups in total. The summed E-state index contributed by atoms with van der Waals surface area (Å²) < 4.78 is 5.20. The van der Waals surface area contributed by atoms with Crippen molar-refractivity contribution in [2.45, 2.75) is 26.9 Å². The summed E-state index contributed by atoms with van der Waals surface area (Å²) in [7, 11) is 0. The molecule has 1 aromatic heterocycles. The zero-order valence-electron chi connectivity index (χ0n) is 14.0. The smallest absolute Gasteiger partial charge is 0.338 e. The van der Waals surface area contributed by atoms with Gasteiger partial charge in [0.25, 0.3) is 0 Å². The average Bonchev–Trinajstić information content (AvgIpc) is 2.56. The maximum atomic E-state index is 11.9. The molecule has 3 rings (SSSR count). The number of fused-ring (bicyclic) bond motifs is 1. The topological polar surface area (TPSA) is 51.2 Å². The fourth-order valence-electron chi connectivity index (χ4n) is 2.56. The molecule has 2 aromatic carbocycles. The van der Waals surface area contributed by atoms with E-state index >= 15 is 0 Å². The summed E-state index contributed by atoms with van der Waals surface area (Å²) in [6.07, 6.45) is 1.67. The van der Waals surface area contributed by atoms with Gasteiger partial charge in [-0.05, 0) is 56.7 Å². The second-order valence-corrected chi connectivity index (χ2v) is 5.99. The summed E-state index contributed by atoms with van der Waals surface area (Å²) in [5, 5.41) is 4.46. The van der Waals surface area contributed by atoms with Crippen molar-refractivity contribution in [3.8, 4) is 0 Å². The SMILES string of the molecule is Cc1cccc2c(Nc3ccc(C(=O)OC(C)C)cc3)ccnc12. The Labute approximate surface area is 141 Å². The summed E-state index contributed by atoms with van der Waals surface area (Å²) in [6, 6.07) is 15.3. The van der Waals surface area contributed by atoms with Crippen molar-refractivity contribution in [2.75, 3.05) is 5.32 Å². The molecule has 4 heteroatoms. The predicted molar refractivity (Wildman–Crippen MR) is 96.8 cm³/mol. The fourth-order valence-corrected chi connectivity index (χ4v) is 2.56. The highest BCUT2D eigenvalue weighted by Gasteiger charge is 2.09. The Balaban J connectivity index is 1.85. The third kappa shape index (κ3) is 3.38. The van der Waals surface area contributed by atoms with Gasteiger partial charge in [0.05, 0.1) is 17.2 Å². The van der Waals surface area contributed by atoms with Crippen LogP contribution in [0.3, 0.4) is 0 Å². The van der Waals surface area contributed by atoms with Crippen LogP contribution >= 0.6 is 0 Å². The van der Waals surface area contributed by atoms with Gasteiger partial charge in [0, 0.05) is 23.0 Å². The number of carbonyl (C=O) groups is 1. The minimum Gasteiger partial charge on any atom is -0.459 e. The highest BCUT2D eigenvalue weighted by molar-refractivity contribution is 5.95. The molecule has 0 spiro atoms. The third-order valence-electron chi connectivity index (χ3n) is 3.72. The Hall–Kier alpha value is -2.88. The van der Waals surface area contributed by atoms with Crippen LogP contribution in [0.4, 0.5) is 11.4 Å². The molecule has 0 aliphatic carbocycles. The molecule has 122 valence electrons. The van der Waals surface area contributed by atoms with E-state index in [0.29, 0.717) is 5.56 Å². The number of aromatic nitrogens is 1. The van der Waals surface area contributed by atoms with Crippen LogP contribution < -0.4 is 5.32 Å². The number of hydrogen-bond acceptors (Lipinski definition) is 4. The molecule has 4 nitrogen and oxygen atoms in total. The van der Waals surface area contributed by atoms with Crippen LogP contribution in [0.2, 0.25) is 0 Å². The number of esters is 1. The van der Waals surface area contributed by atoms with E-state index in [1.165, 1.54) is 0 Å². The fraction of sp³-hybridized carbons (Fsp3) is 0.200. The van der Waals surface area contributed by atoms with Gasteiger partial charge in [0.1, 0.15) is 0 Å². The first-order valence-electron chi connectivity index (χ1n) is 7.97. The molecule has 0 saturated heterocycles. The van der Waals surface area contributed by atoms with Crippen LogP contribution in [0.25, 0.3) is 10.9 Å². The number of carbonyl (C=O) groups excluding carboxylic acids is 1. The Bertz CT molecular complexity index is 870. The van der Waals surface area contributed by atoms with Gasteiger partial charge < -0.3 is 10.1 Å². The molecule has 0 amide bonds. The van der Waals surface area contributed by atoms with E-state index in [9.17, 15) is 4.79 Å². The van der Waals surface area contributed by atoms with Gasteiger partial charge in [0.2, 0.25) is 0 Å². The summed E-state index contributed by atoms with van der Waals surface area (Å²) in [4.78, 5) is 16.3. The van der Waals surface area contributed by atoms with Crippen LogP contribution in [0.15, 0.2) is 54.7 Å². The summed E-state index contributed by atoms with van der Waals surface area (Å²) in [6.45, 7) is 5.73. The van der Waals surface area contributed by atoms with Crippen molar-refractivity contribution < 1.29 is 9.53 Å². The van der Waals surface area contributed by atoms with Crippen LogP contribution in [-0.2, 0) is 4.74 Å². The lowest BCUT2D eigenvalue weighted by molar-refractivity contribution is 0.0378. The van der Waals surface area contributed by atoms with Gasteiger partial charge in [0.15, 0.2) is 0 Å². The second-order valence-electron chi connectivity index (χ2n) is 5.99. The van der Waals surface area contributed by atoms with Gasteiger partial charge in [-0.1, -0.05) is 18.2 Å². The number of nitrogens with one attached hydrogen (secondary N) is 1. The lowest BCUT2D eigenvalue weighted by Crippen LogP contribution is -2.11. The van der Waals surface area contributed by atoms with Gasteiger partial charge in [-0.2, -0.15) is 0 Å². The zero-order chi connectivity index (χ0) is 17.1. The van der Waals surface area contributed by atoms with Crippen LogP contribution in [0.1, 0.15) is 29.8 Å². The maximum Gasteiger partial charge on any atom is 0.338 e. The van der Waals surface area contributed by atoms with Crippen LogP contribution in [0.5, 0.6) is 0 Å². The summed E-state index contributed by atoms with van der Waals surface area (Å²) >= 11 is 0. The molecule has 24 heavy (non-hydrogen) atoms. The Morgan fingerprint density at radius 2 is 1.83 bits per heavy atom. The maximum absolute atomic E-state index is 11.9. The van der Waals surface area contributed by atoms with E-state index in [0.717, 1.165) is 27.8 Å². The zero-order valence-corrected chi connectivity index (χ0v) is 14.0. The number of hydrogen-bond donors (Lipinski definition) is 1. The predicted octanol–water partition coefficient (Wildman–Crippen LogP) is 4.85. The highest BCUT2D eigenvalue weighted by atomic mass is 16.5. The summed E-state index contributed by atoms with van der Waals surface area (Å²) in [5.41, 5.74) is 4.57.